The first-order chi connectivity index (χ1) is 26.3. The summed E-state index contributed by atoms with van der Waals surface area (Å²) in [6.07, 6.45) is 4.13. The van der Waals surface area contributed by atoms with Crippen LogP contribution in [0.5, 0.6) is 0 Å². The van der Waals surface area contributed by atoms with Crippen molar-refractivity contribution in [3.63, 3.8) is 0 Å². The maximum atomic E-state index is 11.7. The fourth-order valence-corrected chi connectivity index (χ4v) is 6.95. The van der Waals surface area contributed by atoms with Crippen LogP contribution in [0.3, 0.4) is 0 Å². The van der Waals surface area contributed by atoms with Crippen molar-refractivity contribution in [2.75, 3.05) is 0 Å². The highest BCUT2D eigenvalue weighted by molar-refractivity contribution is 6.35. The number of rotatable bonds is 20. The van der Waals surface area contributed by atoms with E-state index in [0.717, 1.165) is 11.1 Å². The zero-order chi connectivity index (χ0) is 41.7. The molecule has 2 aromatic carbocycles. The lowest BCUT2D eigenvalue weighted by Crippen LogP contribution is -2.49. The van der Waals surface area contributed by atoms with Crippen LogP contribution in [0.1, 0.15) is 63.1 Å². The van der Waals surface area contributed by atoms with E-state index in [2.05, 4.69) is 20.8 Å². The standard InChI is InChI=1S/2C19H23Cl2N3O4/c1-11(2)5-16(18(25)26)22-17(19(27)28)9-15-3-4-24(23-15)10-12-6-13(20)8-14(21)7-12;1-11(2)5-16(18(25)26)23-17(19(27)28)9-15-3-4-22-24(15)10-12-6-13(20)8-14(21)7-12/h3-4,6-8,11,16-17,22H,5,9-10H2,1-2H3,(H,25,26)(H,27,28);3-4,6-8,11,16-17,23H,5,9-10H2,1-2H3,(H,25,26)(H,27,28)/t2*16-,17-/m00/s1. The number of halogens is 4. The number of aliphatic carboxylic acids is 4. The third-order valence-corrected chi connectivity index (χ3v) is 9.13. The van der Waals surface area contributed by atoms with Gasteiger partial charge in [0.2, 0.25) is 0 Å². The van der Waals surface area contributed by atoms with Crippen LogP contribution in [-0.4, -0.2) is 88.0 Å². The van der Waals surface area contributed by atoms with E-state index in [4.69, 9.17) is 46.4 Å². The summed E-state index contributed by atoms with van der Waals surface area (Å²) in [7, 11) is 0. The van der Waals surface area contributed by atoms with E-state index in [-0.39, 0.29) is 24.7 Å². The van der Waals surface area contributed by atoms with Gasteiger partial charge in [0.05, 0.1) is 18.8 Å². The van der Waals surface area contributed by atoms with Crippen molar-refractivity contribution in [2.45, 2.75) is 90.6 Å². The molecule has 0 amide bonds. The average molecular weight is 857 g/mol. The fourth-order valence-electron chi connectivity index (χ4n) is 5.80. The Labute approximate surface area is 344 Å². The van der Waals surface area contributed by atoms with E-state index in [9.17, 15) is 39.6 Å². The van der Waals surface area contributed by atoms with Crippen LogP contribution in [-0.2, 0) is 45.1 Å². The van der Waals surface area contributed by atoms with Crippen molar-refractivity contribution in [2.24, 2.45) is 11.8 Å². The molecule has 4 atom stereocenters. The smallest absolute Gasteiger partial charge is 0.321 e. The highest BCUT2D eigenvalue weighted by Crippen LogP contribution is 2.21. The van der Waals surface area contributed by atoms with Crippen LogP contribution in [0.4, 0.5) is 0 Å². The van der Waals surface area contributed by atoms with Crippen molar-refractivity contribution in [1.29, 1.82) is 0 Å². The van der Waals surface area contributed by atoms with Crippen LogP contribution < -0.4 is 10.6 Å². The number of hydrogen-bond donors (Lipinski definition) is 6. The molecule has 0 saturated carbocycles. The molecule has 0 radical (unpaired) electrons. The highest BCUT2D eigenvalue weighted by Gasteiger charge is 2.29. The predicted octanol–water partition coefficient (Wildman–Crippen LogP) is 6.65. The predicted molar refractivity (Wildman–Crippen MR) is 214 cm³/mol. The largest absolute Gasteiger partial charge is 0.480 e. The molecule has 18 heteroatoms. The first kappa shape index (κ1) is 46.2. The molecule has 2 heterocycles. The maximum Gasteiger partial charge on any atom is 0.321 e. The third-order valence-electron chi connectivity index (χ3n) is 8.26. The van der Waals surface area contributed by atoms with Crippen molar-refractivity contribution in [3.8, 4) is 0 Å². The Morgan fingerprint density at radius 1 is 0.625 bits per heavy atom. The van der Waals surface area contributed by atoms with E-state index in [1.54, 1.807) is 70.3 Å². The second kappa shape index (κ2) is 21.9. The summed E-state index contributed by atoms with van der Waals surface area (Å²) in [6, 6.07) is 9.78. The van der Waals surface area contributed by atoms with E-state index in [1.807, 2.05) is 27.7 Å². The SMILES string of the molecule is CC(C)C[C@H](N[C@@H](Cc1ccn(Cc2cc(Cl)cc(Cl)c2)n1)C(=O)O)C(=O)O.CC(C)C[C@H](N[C@@H](Cc1ccnn1Cc1cc(Cl)cc(Cl)c1)C(=O)O)C(=O)O. The molecule has 0 saturated heterocycles. The van der Waals surface area contributed by atoms with Gasteiger partial charge in [0.15, 0.2) is 0 Å². The first-order valence-corrected chi connectivity index (χ1v) is 19.2. The Hall–Kier alpha value is -4.18. The molecule has 0 unspecified atom stereocenters. The number of hydrogen-bond acceptors (Lipinski definition) is 8. The lowest BCUT2D eigenvalue weighted by molar-refractivity contribution is -0.144. The van der Waals surface area contributed by atoms with Gasteiger partial charge in [-0.1, -0.05) is 74.1 Å². The van der Waals surface area contributed by atoms with Crippen molar-refractivity contribution in [3.05, 3.63) is 104 Å². The molecule has 2 aromatic heterocycles. The minimum absolute atomic E-state index is 0.0700. The minimum Gasteiger partial charge on any atom is -0.480 e. The fraction of sp³-hybridized carbons (Fsp3) is 0.421. The molecule has 0 bridgehead atoms. The Morgan fingerprint density at radius 2 is 1.05 bits per heavy atom. The second-order valence-electron chi connectivity index (χ2n) is 14.1. The zero-order valence-corrected chi connectivity index (χ0v) is 34.2. The Bertz CT molecular complexity index is 1910. The molecule has 14 nitrogen and oxygen atoms in total. The van der Waals surface area contributed by atoms with Gasteiger partial charge in [-0.05, 0) is 84.3 Å². The molecule has 0 aliphatic carbocycles. The summed E-state index contributed by atoms with van der Waals surface area (Å²) < 4.78 is 3.30. The summed E-state index contributed by atoms with van der Waals surface area (Å²) in [5.74, 6) is -4.14. The van der Waals surface area contributed by atoms with Crippen LogP contribution in [0.15, 0.2) is 60.9 Å². The lowest BCUT2D eigenvalue weighted by atomic mass is 10.0. The Balaban J connectivity index is 0.000000300. The molecule has 0 spiro atoms. The van der Waals surface area contributed by atoms with Crippen molar-refractivity contribution in [1.82, 2.24) is 30.2 Å². The van der Waals surface area contributed by atoms with Gasteiger partial charge < -0.3 is 20.4 Å². The molecule has 304 valence electrons. The average Bonchev–Trinajstić information content (AvgIpc) is 3.70. The number of carboxylic acids is 4. The molecule has 4 aromatic rings. The van der Waals surface area contributed by atoms with Crippen LogP contribution in [0.2, 0.25) is 20.1 Å². The normalized spacial score (nSPS) is 13.5. The second-order valence-corrected chi connectivity index (χ2v) is 15.8. The summed E-state index contributed by atoms with van der Waals surface area (Å²) in [4.78, 5) is 46.2. The number of benzene rings is 2. The molecular formula is C38H46Cl4N6O8. The van der Waals surface area contributed by atoms with Gasteiger partial charge in [-0.15, -0.1) is 0 Å². The van der Waals surface area contributed by atoms with Crippen LogP contribution in [0, 0.1) is 11.8 Å². The quantitative estimate of drug-likeness (QED) is 0.0553. The van der Waals surface area contributed by atoms with Gasteiger partial charge in [-0.25, -0.2) is 0 Å². The lowest BCUT2D eigenvalue weighted by Gasteiger charge is -2.22. The number of nitrogens with one attached hydrogen (secondary N) is 2. The number of carbonyl (C=O) groups is 4. The topological polar surface area (TPSA) is 209 Å². The van der Waals surface area contributed by atoms with E-state index in [0.29, 0.717) is 57.4 Å². The molecular weight excluding hydrogens is 810 g/mol. The van der Waals surface area contributed by atoms with Gasteiger partial charge in [0.25, 0.3) is 0 Å². The van der Waals surface area contributed by atoms with Gasteiger partial charge in [0, 0.05) is 51.0 Å². The zero-order valence-electron chi connectivity index (χ0n) is 31.2. The first-order valence-electron chi connectivity index (χ1n) is 17.7. The molecule has 56 heavy (non-hydrogen) atoms. The van der Waals surface area contributed by atoms with Gasteiger partial charge >= 0.3 is 23.9 Å². The van der Waals surface area contributed by atoms with Crippen molar-refractivity contribution < 1.29 is 39.6 Å². The van der Waals surface area contributed by atoms with E-state index >= 15 is 0 Å². The van der Waals surface area contributed by atoms with Crippen LogP contribution >= 0.6 is 46.4 Å². The summed E-state index contributed by atoms with van der Waals surface area (Å²) in [5.41, 5.74) is 2.89. The molecule has 0 aliphatic heterocycles. The molecule has 4 rings (SSSR count). The third kappa shape index (κ3) is 15.8. The van der Waals surface area contributed by atoms with Gasteiger partial charge in [-0.2, -0.15) is 10.2 Å². The Morgan fingerprint density at radius 3 is 1.48 bits per heavy atom. The van der Waals surface area contributed by atoms with Gasteiger partial charge in [0.1, 0.15) is 24.2 Å². The maximum absolute atomic E-state index is 11.7. The summed E-state index contributed by atoms with van der Waals surface area (Å²) in [6.45, 7) is 8.34. The highest BCUT2D eigenvalue weighted by atomic mass is 35.5. The van der Waals surface area contributed by atoms with E-state index in [1.165, 1.54) is 0 Å². The number of carboxylic acid groups (broad SMARTS) is 4. The van der Waals surface area contributed by atoms with Crippen molar-refractivity contribution >= 4 is 70.3 Å². The molecule has 6 N–H and O–H groups in total. The summed E-state index contributed by atoms with van der Waals surface area (Å²) >= 11 is 24.1. The number of aromatic nitrogens is 4. The minimum atomic E-state index is -1.12. The Kier molecular flexibility index (Phi) is 18.1. The van der Waals surface area contributed by atoms with E-state index < -0.39 is 48.0 Å². The van der Waals surface area contributed by atoms with Gasteiger partial charge in [-0.3, -0.25) is 39.2 Å². The molecule has 0 aliphatic rings. The monoisotopic (exact) mass is 854 g/mol. The van der Waals surface area contributed by atoms with Crippen LogP contribution in [0.25, 0.3) is 0 Å². The molecule has 0 fully saturated rings. The summed E-state index contributed by atoms with van der Waals surface area (Å²) in [5, 5.41) is 53.9. The number of nitrogens with zero attached hydrogens (tertiary/aromatic N) is 4.